The van der Waals surface area contributed by atoms with Crippen molar-refractivity contribution in [1.29, 1.82) is 0 Å². The lowest BCUT2D eigenvalue weighted by Gasteiger charge is -2.07. The van der Waals surface area contributed by atoms with Crippen molar-refractivity contribution in [3.8, 4) is 11.5 Å². The molecule has 0 radical (unpaired) electrons. The monoisotopic (exact) mass is 305 g/mol. The zero-order chi connectivity index (χ0) is 15.3. The zero-order valence-electron chi connectivity index (χ0n) is 11.7. The highest BCUT2D eigenvalue weighted by Gasteiger charge is 2.10. The van der Waals surface area contributed by atoms with Crippen LogP contribution in [0, 0.1) is 0 Å². The van der Waals surface area contributed by atoms with Gasteiger partial charge in [-0.05, 0) is 35.9 Å². The lowest BCUT2D eigenvalue weighted by molar-refractivity contribution is 0.355. The summed E-state index contributed by atoms with van der Waals surface area (Å²) in [4.78, 5) is 0.154. The highest BCUT2D eigenvalue weighted by molar-refractivity contribution is 7.90. The van der Waals surface area contributed by atoms with Gasteiger partial charge in [0.1, 0.15) is 0 Å². The van der Waals surface area contributed by atoms with Crippen molar-refractivity contribution in [2.45, 2.75) is 4.90 Å². The Labute approximate surface area is 123 Å². The molecule has 21 heavy (non-hydrogen) atoms. The standard InChI is InChI=1S/C15H15NO4S/c1-19-14-9-8-12(10-15(14)20-2)11-16-21(17,18)13-6-4-3-5-7-13/h3-11H,1-2H3. The first-order chi connectivity index (χ1) is 10.1. The molecule has 6 heteroatoms. The van der Waals surface area contributed by atoms with Crippen molar-refractivity contribution < 1.29 is 17.9 Å². The van der Waals surface area contributed by atoms with Crippen LogP contribution < -0.4 is 9.47 Å². The molecule has 0 saturated carbocycles. The van der Waals surface area contributed by atoms with Crippen LogP contribution in [0.25, 0.3) is 0 Å². The summed E-state index contributed by atoms with van der Waals surface area (Å²) in [6, 6.07) is 13.1. The van der Waals surface area contributed by atoms with Gasteiger partial charge in [-0.1, -0.05) is 18.2 Å². The minimum atomic E-state index is -3.70. The van der Waals surface area contributed by atoms with Gasteiger partial charge in [0.15, 0.2) is 11.5 Å². The molecule has 0 aromatic heterocycles. The molecule has 2 aromatic rings. The minimum absolute atomic E-state index is 0.154. The van der Waals surface area contributed by atoms with E-state index < -0.39 is 10.0 Å². The zero-order valence-corrected chi connectivity index (χ0v) is 12.5. The molecule has 0 N–H and O–H groups in total. The van der Waals surface area contributed by atoms with Crippen LogP contribution in [0.5, 0.6) is 11.5 Å². The summed E-state index contributed by atoms with van der Waals surface area (Å²) in [5.41, 5.74) is 0.604. The van der Waals surface area contributed by atoms with E-state index in [1.54, 1.807) is 36.4 Å². The van der Waals surface area contributed by atoms with E-state index in [2.05, 4.69) is 4.40 Å². The molecule has 0 spiro atoms. The smallest absolute Gasteiger partial charge is 0.282 e. The van der Waals surface area contributed by atoms with Crippen LogP contribution in [0.1, 0.15) is 5.56 Å². The predicted octanol–water partition coefficient (Wildman–Crippen LogP) is 2.51. The van der Waals surface area contributed by atoms with Gasteiger partial charge in [0.05, 0.1) is 19.1 Å². The van der Waals surface area contributed by atoms with E-state index in [1.807, 2.05) is 0 Å². The molecule has 0 amide bonds. The SMILES string of the molecule is COc1ccc(C=NS(=O)(=O)c2ccccc2)cc1OC. The Morgan fingerprint density at radius 3 is 2.24 bits per heavy atom. The third kappa shape index (κ3) is 3.61. The molecule has 0 heterocycles. The number of ether oxygens (including phenoxy) is 2. The first-order valence-electron chi connectivity index (χ1n) is 6.14. The minimum Gasteiger partial charge on any atom is -0.493 e. The normalized spacial score (nSPS) is 11.5. The quantitative estimate of drug-likeness (QED) is 0.796. The summed E-state index contributed by atoms with van der Waals surface area (Å²) < 4.78 is 38.0. The molecule has 2 aromatic carbocycles. The molecule has 0 unspecified atom stereocenters. The van der Waals surface area contributed by atoms with E-state index in [0.717, 1.165) is 0 Å². The van der Waals surface area contributed by atoms with Gasteiger partial charge in [-0.25, -0.2) is 0 Å². The van der Waals surface area contributed by atoms with Crippen molar-refractivity contribution in [2.75, 3.05) is 14.2 Å². The summed E-state index contributed by atoms with van der Waals surface area (Å²) in [6.07, 6.45) is 1.28. The fraction of sp³-hybridized carbons (Fsp3) is 0.133. The predicted molar refractivity (Wildman–Crippen MR) is 80.8 cm³/mol. The largest absolute Gasteiger partial charge is 0.493 e. The summed E-state index contributed by atoms with van der Waals surface area (Å²) in [5, 5.41) is 0. The topological polar surface area (TPSA) is 65.0 Å². The Bertz CT molecular complexity index is 740. The van der Waals surface area contributed by atoms with Crippen LogP contribution in [0.3, 0.4) is 0 Å². The Kier molecular flexibility index (Phi) is 4.59. The van der Waals surface area contributed by atoms with Gasteiger partial charge < -0.3 is 9.47 Å². The molecule has 0 aliphatic rings. The molecule has 0 saturated heterocycles. The molecule has 110 valence electrons. The maximum Gasteiger partial charge on any atom is 0.282 e. The lowest BCUT2D eigenvalue weighted by atomic mass is 10.2. The van der Waals surface area contributed by atoms with Gasteiger partial charge in [-0.15, -0.1) is 0 Å². The van der Waals surface area contributed by atoms with Crippen molar-refractivity contribution in [3.05, 3.63) is 54.1 Å². The molecular weight excluding hydrogens is 290 g/mol. The molecule has 0 fully saturated rings. The number of hydrogen-bond acceptors (Lipinski definition) is 4. The van der Waals surface area contributed by atoms with E-state index >= 15 is 0 Å². The van der Waals surface area contributed by atoms with Crippen molar-refractivity contribution in [2.24, 2.45) is 4.40 Å². The van der Waals surface area contributed by atoms with Gasteiger partial charge in [-0.3, -0.25) is 0 Å². The van der Waals surface area contributed by atoms with Crippen molar-refractivity contribution in [1.82, 2.24) is 0 Å². The number of nitrogens with zero attached hydrogens (tertiary/aromatic N) is 1. The van der Waals surface area contributed by atoms with Gasteiger partial charge in [0, 0.05) is 6.21 Å². The molecular formula is C15H15NO4S. The summed E-state index contributed by atoms with van der Waals surface area (Å²) in [5.74, 6) is 1.08. The maximum absolute atomic E-state index is 12.0. The Balaban J connectivity index is 2.29. The van der Waals surface area contributed by atoms with E-state index in [0.29, 0.717) is 17.1 Å². The van der Waals surface area contributed by atoms with E-state index in [9.17, 15) is 8.42 Å². The molecule has 0 aliphatic carbocycles. The van der Waals surface area contributed by atoms with Crippen LogP contribution in [0.2, 0.25) is 0 Å². The summed E-state index contributed by atoms with van der Waals surface area (Å²) >= 11 is 0. The molecule has 0 bridgehead atoms. The van der Waals surface area contributed by atoms with E-state index in [-0.39, 0.29) is 4.90 Å². The second-order valence-corrected chi connectivity index (χ2v) is 5.77. The highest BCUT2D eigenvalue weighted by Crippen LogP contribution is 2.27. The third-order valence-corrected chi connectivity index (χ3v) is 4.04. The van der Waals surface area contributed by atoms with Crippen molar-refractivity contribution >= 4 is 16.2 Å². The van der Waals surface area contributed by atoms with Crippen LogP contribution >= 0.6 is 0 Å². The number of rotatable bonds is 5. The number of benzene rings is 2. The molecule has 2 rings (SSSR count). The lowest BCUT2D eigenvalue weighted by Crippen LogP contribution is -1.98. The van der Waals surface area contributed by atoms with Gasteiger partial charge in [-0.2, -0.15) is 12.8 Å². The van der Waals surface area contributed by atoms with Crippen LogP contribution in [-0.4, -0.2) is 28.9 Å². The second-order valence-electron chi connectivity index (χ2n) is 4.14. The highest BCUT2D eigenvalue weighted by atomic mass is 32.2. The third-order valence-electron chi connectivity index (χ3n) is 2.79. The molecule has 0 atom stereocenters. The van der Waals surface area contributed by atoms with Crippen molar-refractivity contribution in [3.63, 3.8) is 0 Å². The van der Waals surface area contributed by atoms with Crippen LogP contribution in [0.15, 0.2) is 57.8 Å². The number of hydrogen-bond donors (Lipinski definition) is 0. The number of sulfonamides is 1. The van der Waals surface area contributed by atoms with Crippen LogP contribution in [0.4, 0.5) is 0 Å². The Morgan fingerprint density at radius 2 is 1.62 bits per heavy atom. The summed E-state index contributed by atoms with van der Waals surface area (Å²) in [7, 11) is -0.650. The van der Waals surface area contributed by atoms with Gasteiger partial charge in [0.2, 0.25) is 0 Å². The average molecular weight is 305 g/mol. The Hall–Kier alpha value is -2.34. The van der Waals surface area contributed by atoms with E-state index in [4.69, 9.17) is 9.47 Å². The van der Waals surface area contributed by atoms with E-state index in [1.165, 1.54) is 32.6 Å². The average Bonchev–Trinajstić information content (AvgIpc) is 2.53. The molecule has 5 nitrogen and oxygen atoms in total. The maximum atomic E-state index is 12.0. The molecule has 0 aliphatic heterocycles. The van der Waals surface area contributed by atoms with Gasteiger partial charge in [0.25, 0.3) is 10.0 Å². The second kappa shape index (κ2) is 6.41. The Morgan fingerprint density at radius 1 is 0.952 bits per heavy atom. The fourth-order valence-corrected chi connectivity index (χ4v) is 2.60. The first-order valence-corrected chi connectivity index (χ1v) is 7.58. The first kappa shape index (κ1) is 15.1. The fourth-order valence-electron chi connectivity index (χ4n) is 1.72. The number of methoxy groups -OCH3 is 2. The van der Waals surface area contributed by atoms with Crippen LogP contribution in [-0.2, 0) is 10.0 Å². The summed E-state index contributed by atoms with van der Waals surface area (Å²) in [6.45, 7) is 0. The van der Waals surface area contributed by atoms with Gasteiger partial charge >= 0.3 is 0 Å².